The first-order valence-electron chi connectivity index (χ1n) is 5.15. The summed E-state index contributed by atoms with van der Waals surface area (Å²) >= 11 is 0. The van der Waals surface area contributed by atoms with Crippen LogP contribution in [0.25, 0.3) is 0 Å². The zero-order valence-corrected chi connectivity index (χ0v) is 9.97. The van der Waals surface area contributed by atoms with Crippen LogP contribution in [-0.2, 0) is 11.3 Å². The molecule has 0 atom stereocenters. The van der Waals surface area contributed by atoms with Crippen molar-refractivity contribution in [1.29, 1.82) is 0 Å². The molecule has 96 valence electrons. The molecule has 0 fully saturated rings. The lowest BCUT2D eigenvalue weighted by molar-refractivity contribution is 0.147. The quantitative estimate of drug-likeness (QED) is 0.524. The smallest absolute Gasteiger partial charge is 0.158 e. The fraction of sp³-hybridized carbons (Fsp3) is 0.600. The first-order chi connectivity index (χ1) is 8.03. The van der Waals surface area contributed by atoms with Gasteiger partial charge in [-0.2, -0.15) is 0 Å². The largest absolute Gasteiger partial charge is 0.394 e. The molecule has 0 unspecified atom stereocenters. The molecule has 0 radical (unpaired) electrons. The zero-order valence-electron chi connectivity index (χ0n) is 9.97. The van der Waals surface area contributed by atoms with Crippen LogP contribution in [0.4, 0.5) is 11.6 Å². The van der Waals surface area contributed by atoms with Crippen LogP contribution in [0, 0.1) is 0 Å². The van der Waals surface area contributed by atoms with E-state index in [1.807, 2.05) is 0 Å². The molecule has 5 N–H and O–H groups in total. The van der Waals surface area contributed by atoms with E-state index in [1.54, 1.807) is 6.92 Å². The minimum absolute atomic E-state index is 0.229. The number of nitrogens with zero attached hydrogens (tertiary/aromatic N) is 2. The lowest BCUT2D eigenvalue weighted by atomic mass is 10.1. The second-order valence-electron chi connectivity index (χ2n) is 4.03. The Labute approximate surface area is 99.7 Å². The van der Waals surface area contributed by atoms with Crippen molar-refractivity contribution in [3.8, 4) is 0 Å². The van der Waals surface area contributed by atoms with Gasteiger partial charge in [0.25, 0.3) is 0 Å². The number of nitrogens with one attached hydrogen (secondary N) is 1. The van der Waals surface area contributed by atoms with E-state index in [-0.39, 0.29) is 19.8 Å². The van der Waals surface area contributed by atoms with Crippen LogP contribution in [0.3, 0.4) is 0 Å². The van der Waals surface area contributed by atoms with Crippen LogP contribution >= 0.6 is 0 Å². The average Bonchev–Trinajstić information content (AvgIpc) is 2.28. The number of aliphatic hydroxyl groups excluding tert-OH is 2. The van der Waals surface area contributed by atoms with Gasteiger partial charge in [-0.05, 0) is 6.92 Å². The fourth-order valence-corrected chi connectivity index (χ4v) is 1.21. The maximum atomic E-state index is 9.17. The van der Waals surface area contributed by atoms with Gasteiger partial charge in [-0.25, -0.2) is 9.97 Å². The molecule has 0 aliphatic carbocycles. The Kier molecular flexibility index (Phi) is 4.62. The molecule has 1 heterocycles. The molecular formula is C10H18N4O3. The van der Waals surface area contributed by atoms with Gasteiger partial charge in [-0.15, -0.1) is 0 Å². The van der Waals surface area contributed by atoms with E-state index in [2.05, 4.69) is 15.3 Å². The minimum Gasteiger partial charge on any atom is -0.394 e. The highest BCUT2D eigenvalue weighted by Crippen LogP contribution is 2.15. The number of hydrogen-bond acceptors (Lipinski definition) is 7. The van der Waals surface area contributed by atoms with E-state index >= 15 is 0 Å². The van der Waals surface area contributed by atoms with Gasteiger partial charge in [0.15, 0.2) is 5.82 Å². The van der Waals surface area contributed by atoms with Gasteiger partial charge in [0.1, 0.15) is 18.2 Å². The maximum absolute atomic E-state index is 9.17. The third-order valence-electron chi connectivity index (χ3n) is 2.19. The van der Waals surface area contributed by atoms with E-state index in [9.17, 15) is 0 Å². The monoisotopic (exact) mass is 242 g/mol. The summed E-state index contributed by atoms with van der Waals surface area (Å²) < 4.78 is 4.91. The van der Waals surface area contributed by atoms with Gasteiger partial charge in [0.2, 0.25) is 0 Å². The van der Waals surface area contributed by atoms with Crippen LogP contribution in [-0.4, -0.2) is 46.0 Å². The lowest BCUT2D eigenvalue weighted by Crippen LogP contribution is -2.42. The molecule has 0 spiro atoms. The molecule has 0 amide bonds. The van der Waals surface area contributed by atoms with Crippen molar-refractivity contribution in [3.05, 3.63) is 11.9 Å². The minimum atomic E-state index is -0.856. The number of anilines is 2. The first-order valence-corrected chi connectivity index (χ1v) is 5.15. The van der Waals surface area contributed by atoms with Gasteiger partial charge in [-0.3, -0.25) is 0 Å². The Morgan fingerprint density at radius 2 is 2.06 bits per heavy atom. The normalized spacial score (nSPS) is 11.5. The van der Waals surface area contributed by atoms with Gasteiger partial charge in [0.05, 0.1) is 18.8 Å². The number of rotatable bonds is 6. The molecule has 0 aromatic carbocycles. The van der Waals surface area contributed by atoms with Crippen molar-refractivity contribution in [3.63, 3.8) is 0 Å². The number of aromatic nitrogens is 2. The van der Waals surface area contributed by atoms with E-state index in [0.717, 1.165) is 0 Å². The highest BCUT2D eigenvalue weighted by Gasteiger charge is 2.22. The molecule has 17 heavy (non-hydrogen) atoms. The summed E-state index contributed by atoms with van der Waals surface area (Å²) in [5.74, 6) is 1.18. The van der Waals surface area contributed by atoms with Gasteiger partial charge < -0.3 is 26.0 Å². The molecule has 0 saturated heterocycles. The van der Waals surface area contributed by atoms with Crippen LogP contribution in [0.1, 0.15) is 12.7 Å². The van der Waals surface area contributed by atoms with E-state index < -0.39 is 5.54 Å². The van der Waals surface area contributed by atoms with Gasteiger partial charge in [0, 0.05) is 13.2 Å². The fourth-order valence-electron chi connectivity index (χ4n) is 1.21. The van der Waals surface area contributed by atoms with Crippen LogP contribution < -0.4 is 11.1 Å². The summed E-state index contributed by atoms with van der Waals surface area (Å²) in [7, 11) is 1.53. The Balaban J connectivity index is 2.90. The SMILES string of the molecule is COCc1nc(N)cc(NC(C)(CO)CO)n1. The molecule has 1 rings (SSSR count). The van der Waals surface area contributed by atoms with Crippen molar-refractivity contribution in [2.75, 3.05) is 31.4 Å². The van der Waals surface area contributed by atoms with Gasteiger partial charge >= 0.3 is 0 Å². The van der Waals surface area contributed by atoms with Crippen molar-refractivity contribution in [1.82, 2.24) is 9.97 Å². The third-order valence-corrected chi connectivity index (χ3v) is 2.19. The predicted octanol–water partition coefficient (Wildman–Crippen LogP) is -0.640. The molecule has 7 heteroatoms. The number of nitrogens with two attached hydrogens (primary N) is 1. The van der Waals surface area contributed by atoms with Crippen molar-refractivity contribution in [2.45, 2.75) is 19.1 Å². The summed E-state index contributed by atoms with van der Waals surface area (Å²) in [6, 6.07) is 1.53. The summed E-state index contributed by atoms with van der Waals surface area (Å²) in [6.45, 7) is 1.45. The molecular weight excluding hydrogens is 224 g/mol. The van der Waals surface area contributed by atoms with Crippen LogP contribution in [0.15, 0.2) is 6.07 Å². The Bertz CT molecular complexity index is 369. The Morgan fingerprint density at radius 3 is 2.59 bits per heavy atom. The lowest BCUT2D eigenvalue weighted by Gasteiger charge is -2.26. The average molecular weight is 242 g/mol. The molecule has 7 nitrogen and oxygen atoms in total. The maximum Gasteiger partial charge on any atom is 0.158 e. The summed E-state index contributed by atoms with van der Waals surface area (Å²) in [6.07, 6.45) is 0. The van der Waals surface area contributed by atoms with Crippen molar-refractivity contribution in [2.24, 2.45) is 0 Å². The Morgan fingerprint density at radius 1 is 1.41 bits per heavy atom. The van der Waals surface area contributed by atoms with E-state index in [0.29, 0.717) is 17.5 Å². The van der Waals surface area contributed by atoms with Crippen molar-refractivity contribution < 1.29 is 14.9 Å². The highest BCUT2D eigenvalue weighted by atomic mass is 16.5. The van der Waals surface area contributed by atoms with E-state index in [1.165, 1.54) is 13.2 Å². The highest BCUT2D eigenvalue weighted by molar-refractivity contribution is 5.46. The topological polar surface area (TPSA) is 114 Å². The number of aliphatic hydroxyl groups is 2. The van der Waals surface area contributed by atoms with E-state index in [4.69, 9.17) is 20.7 Å². The summed E-state index contributed by atoms with van der Waals surface area (Å²) in [5.41, 5.74) is 4.76. The number of hydrogen-bond donors (Lipinski definition) is 4. The van der Waals surface area contributed by atoms with Crippen LogP contribution in [0.2, 0.25) is 0 Å². The second kappa shape index (κ2) is 5.76. The zero-order chi connectivity index (χ0) is 12.9. The third kappa shape index (κ3) is 3.81. The summed E-state index contributed by atoms with van der Waals surface area (Å²) in [5, 5.41) is 21.2. The predicted molar refractivity (Wildman–Crippen MR) is 63.4 cm³/mol. The first kappa shape index (κ1) is 13.6. The second-order valence-corrected chi connectivity index (χ2v) is 4.03. The molecule has 0 aliphatic heterocycles. The summed E-state index contributed by atoms with van der Waals surface area (Å²) in [4.78, 5) is 8.14. The number of ether oxygens (including phenoxy) is 1. The number of nitrogen functional groups attached to an aromatic ring is 1. The molecule has 0 bridgehead atoms. The van der Waals surface area contributed by atoms with Gasteiger partial charge in [-0.1, -0.05) is 0 Å². The molecule has 1 aromatic heterocycles. The Hall–Kier alpha value is -1.44. The van der Waals surface area contributed by atoms with Crippen molar-refractivity contribution >= 4 is 11.6 Å². The molecule has 1 aromatic rings. The van der Waals surface area contributed by atoms with Crippen LogP contribution in [0.5, 0.6) is 0 Å². The molecule has 0 saturated carbocycles. The standard InChI is InChI=1S/C10H18N4O3/c1-10(5-15,6-16)14-8-3-7(11)12-9(13-8)4-17-2/h3,15-16H,4-6H2,1-2H3,(H3,11,12,13,14). The molecule has 0 aliphatic rings. The number of methoxy groups -OCH3 is 1.